The van der Waals surface area contributed by atoms with Crippen LogP contribution in [0.25, 0.3) is 0 Å². The highest BCUT2D eigenvalue weighted by atomic mass is 16.6. The molecule has 0 saturated heterocycles. The van der Waals surface area contributed by atoms with Crippen LogP contribution in [0.2, 0.25) is 0 Å². The number of amides is 2. The fourth-order valence-electron chi connectivity index (χ4n) is 3.25. The summed E-state index contributed by atoms with van der Waals surface area (Å²) in [4.78, 5) is 37.0. The molecule has 0 aromatic heterocycles. The number of hydrogen-bond donors (Lipinski definition) is 3. The Morgan fingerprint density at radius 2 is 1.03 bits per heavy atom. The Morgan fingerprint density at radius 1 is 0.639 bits per heavy atom. The molecule has 0 heterocycles. The summed E-state index contributed by atoms with van der Waals surface area (Å²) in [6, 6.07) is 25.6. The fourth-order valence-corrected chi connectivity index (χ4v) is 3.25. The number of esters is 1. The Kier molecular flexibility index (Phi) is 9.84. The van der Waals surface area contributed by atoms with Crippen molar-refractivity contribution in [2.24, 2.45) is 5.41 Å². The van der Waals surface area contributed by atoms with E-state index in [2.05, 4.69) is 10.6 Å². The van der Waals surface area contributed by atoms with E-state index in [0.717, 1.165) is 0 Å². The summed E-state index contributed by atoms with van der Waals surface area (Å²) in [5.74, 6) is 0.574. The van der Waals surface area contributed by atoms with Crippen molar-refractivity contribution in [2.45, 2.75) is 12.8 Å². The van der Waals surface area contributed by atoms with Gasteiger partial charge in [0.2, 0.25) is 0 Å². The Bertz CT molecular complexity index is 969. The van der Waals surface area contributed by atoms with Gasteiger partial charge in [-0.15, -0.1) is 0 Å². The van der Waals surface area contributed by atoms with Gasteiger partial charge in [-0.05, 0) is 42.8 Å². The first kappa shape index (κ1) is 26.2. The van der Waals surface area contributed by atoms with Crippen molar-refractivity contribution in [1.82, 2.24) is 10.6 Å². The Labute approximate surface area is 209 Å². The zero-order valence-electron chi connectivity index (χ0n) is 19.6. The molecule has 9 nitrogen and oxygen atoms in total. The van der Waals surface area contributed by atoms with Crippen LogP contribution in [0, 0.1) is 5.41 Å². The standard InChI is InChI=1S/C27H28N2O7/c30-20-27(17-16-24(31)34-21-10-4-1-5-11-21,18-28-25(32)35-22-12-6-2-7-13-22)19-29-26(33)36-23-14-8-3-9-15-23/h1-15,30H,16-20H2,(H,28,32)(H,29,33). The monoisotopic (exact) mass is 492 g/mol. The van der Waals surface area contributed by atoms with E-state index in [1.807, 2.05) is 0 Å². The van der Waals surface area contributed by atoms with Gasteiger partial charge in [0.25, 0.3) is 0 Å². The van der Waals surface area contributed by atoms with Crippen LogP contribution in [0.3, 0.4) is 0 Å². The van der Waals surface area contributed by atoms with E-state index in [-0.39, 0.29) is 25.9 Å². The lowest BCUT2D eigenvalue weighted by Gasteiger charge is -2.31. The molecule has 0 radical (unpaired) electrons. The molecule has 0 unspecified atom stereocenters. The minimum absolute atomic E-state index is 0.0692. The number of carbonyl (C=O) groups is 3. The van der Waals surface area contributed by atoms with Crippen molar-refractivity contribution in [3.05, 3.63) is 91.0 Å². The van der Waals surface area contributed by atoms with Crippen molar-refractivity contribution < 1.29 is 33.7 Å². The van der Waals surface area contributed by atoms with Crippen LogP contribution in [-0.4, -0.2) is 43.0 Å². The number of nitrogens with one attached hydrogen (secondary N) is 2. The summed E-state index contributed by atoms with van der Waals surface area (Å²) in [7, 11) is 0. The molecule has 3 aromatic carbocycles. The normalized spacial score (nSPS) is 10.7. The lowest BCUT2D eigenvalue weighted by Crippen LogP contribution is -2.49. The summed E-state index contributed by atoms with van der Waals surface area (Å²) in [5.41, 5.74) is -1.10. The van der Waals surface area contributed by atoms with Gasteiger partial charge in [-0.2, -0.15) is 0 Å². The first-order chi connectivity index (χ1) is 17.5. The second-order valence-electron chi connectivity index (χ2n) is 8.06. The van der Waals surface area contributed by atoms with Crippen molar-refractivity contribution in [3.8, 4) is 17.2 Å². The average molecular weight is 493 g/mol. The molecule has 9 heteroatoms. The number of ether oxygens (including phenoxy) is 3. The van der Waals surface area contributed by atoms with Gasteiger partial charge in [-0.3, -0.25) is 4.79 Å². The molecule has 0 saturated carbocycles. The molecule has 36 heavy (non-hydrogen) atoms. The van der Waals surface area contributed by atoms with E-state index in [0.29, 0.717) is 17.2 Å². The molecule has 2 amide bonds. The largest absolute Gasteiger partial charge is 0.427 e. The molecule has 0 atom stereocenters. The maximum Gasteiger partial charge on any atom is 0.412 e. The molecule has 0 fully saturated rings. The van der Waals surface area contributed by atoms with Gasteiger partial charge in [-0.1, -0.05) is 54.6 Å². The van der Waals surface area contributed by atoms with Crippen LogP contribution >= 0.6 is 0 Å². The van der Waals surface area contributed by atoms with E-state index >= 15 is 0 Å². The van der Waals surface area contributed by atoms with Crippen LogP contribution in [0.15, 0.2) is 91.0 Å². The molecule has 0 spiro atoms. The van der Waals surface area contributed by atoms with Gasteiger partial charge in [0.1, 0.15) is 17.2 Å². The summed E-state index contributed by atoms with van der Waals surface area (Å²) in [6.45, 7) is -0.609. The Balaban J connectivity index is 1.62. The Hall–Kier alpha value is -4.37. The van der Waals surface area contributed by atoms with Gasteiger partial charge in [0.15, 0.2) is 0 Å². The third-order valence-electron chi connectivity index (χ3n) is 5.29. The van der Waals surface area contributed by atoms with Crippen molar-refractivity contribution in [2.75, 3.05) is 19.7 Å². The number of carbonyl (C=O) groups excluding carboxylic acids is 3. The predicted octanol–water partition coefficient (Wildman–Crippen LogP) is 3.93. The van der Waals surface area contributed by atoms with Gasteiger partial charge in [0, 0.05) is 24.9 Å². The summed E-state index contributed by atoms with van der Waals surface area (Å²) in [6.07, 6.45) is -1.44. The third-order valence-corrected chi connectivity index (χ3v) is 5.29. The maximum absolute atomic E-state index is 12.4. The molecule has 3 rings (SSSR count). The molecule has 0 aliphatic rings. The lowest BCUT2D eigenvalue weighted by molar-refractivity contribution is -0.135. The van der Waals surface area contributed by atoms with Crippen LogP contribution in [-0.2, 0) is 4.79 Å². The molecule has 188 valence electrons. The minimum atomic E-state index is -1.10. The number of para-hydroxylation sites is 3. The smallest absolute Gasteiger partial charge is 0.412 e. The SMILES string of the molecule is O=C(CCC(CO)(CNC(=O)Oc1ccccc1)CNC(=O)Oc1ccccc1)Oc1ccccc1. The third kappa shape index (κ3) is 8.77. The van der Waals surface area contributed by atoms with Crippen LogP contribution in [0.4, 0.5) is 9.59 Å². The van der Waals surface area contributed by atoms with Gasteiger partial charge in [-0.25, -0.2) is 9.59 Å². The quantitative estimate of drug-likeness (QED) is 0.274. The first-order valence-electron chi connectivity index (χ1n) is 11.4. The van der Waals surface area contributed by atoms with Gasteiger partial charge < -0.3 is 30.0 Å². The fraction of sp³-hybridized carbons (Fsp3) is 0.222. The van der Waals surface area contributed by atoms with Gasteiger partial charge in [0.05, 0.1) is 6.61 Å². The zero-order valence-corrected chi connectivity index (χ0v) is 19.6. The number of aliphatic hydroxyl groups excluding tert-OH is 1. The molecular formula is C27H28N2O7. The van der Waals surface area contributed by atoms with Crippen LogP contribution in [0.1, 0.15) is 12.8 Å². The molecule has 0 bridgehead atoms. The second-order valence-corrected chi connectivity index (χ2v) is 8.06. The van der Waals surface area contributed by atoms with Crippen LogP contribution in [0.5, 0.6) is 17.2 Å². The first-order valence-corrected chi connectivity index (χ1v) is 11.4. The van der Waals surface area contributed by atoms with Crippen molar-refractivity contribution >= 4 is 18.2 Å². The highest BCUT2D eigenvalue weighted by Crippen LogP contribution is 2.24. The highest BCUT2D eigenvalue weighted by molar-refractivity contribution is 5.73. The zero-order chi connectivity index (χ0) is 25.6. The average Bonchev–Trinajstić information content (AvgIpc) is 2.90. The van der Waals surface area contributed by atoms with E-state index < -0.39 is 30.2 Å². The number of aliphatic hydroxyl groups is 1. The number of benzene rings is 3. The topological polar surface area (TPSA) is 123 Å². The molecule has 0 aliphatic carbocycles. The minimum Gasteiger partial charge on any atom is -0.427 e. The van der Waals surface area contributed by atoms with E-state index in [1.54, 1.807) is 91.0 Å². The van der Waals surface area contributed by atoms with Crippen molar-refractivity contribution in [3.63, 3.8) is 0 Å². The molecule has 3 N–H and O–H groups in total. The van der Waals surface area contributed by atoms with Crippen molar-refractivity contribution in [1.29, 1.82) is 0 Å². The van der Waals surface area contributed by atoms with Gasteiger partial charge >= 0.3 is 18.2 Å². The highest BCUT2D eigenvalue weighted by Gasteiger charge is 2.32. The Morgan fingerprint density at radius 3 is 1.42 bits per heavy atom. The summed E-state index contributed by atoms with van der Waals surface area (Å²) in [5, 5.41) is 15.5. The van der Waals surface area contributed by atoms with Crippen LogP contribution < -0.4 is 24.8 Å². The molecule has 3 aromatic rings. The molecule has 0 aliphatic heterocycles. The number of hydrogen-bond acceptors (Lipinski definition) is 7. The molecular weight excluding hydrogens is 464 g/mol. The van der Waals surface area contributed by atoms with E-state index in [4.69, 9.17) is 14.2 Å². The summed E-state index contributed by atoms with van der Waals surface area (Å²) < 4.78 is 15.8. The predicted molar refractivity (Wildman–Crippen MR) is 132 cm³/mol. The lowest BCUT2D eigenvalue weighted by atomic mass is 9.83. The maximum atomic E-state index is 12.4. The summed E-state index contributed by atoms with van der Waals surface area (Å²) >= 11 is 0. The van der Waals surface area contributed by atoms with E-state index in [9.17, 15) is 19.5 Å². The van der Waals surface area contributed by atoms with E-state index in [1.165, 1.54) is 0 Å². The number of rotatable bonds is 11. The second kappa shape index (κ2) is 13.5.